The van der Waals surface area contributed by atoms with E-state index in [1.165, 1.54) is 12.0 Å². The molecular weight excluding hydrogens is 200 g/mol. The van der Waals surface area contributed by atoms with Gasteiger partial charge >= 0.3 is 0 Å². The lowest BCUT2D eigenvalue weighted by Crippen LogP contribution is -2.03. The SMILES string of the molecule is COc1ccc([C@H]2CCCCC(=O)C2)cc1. The van der Waals surface area contributed by atoms with Gasteiger partial charge in [-0.1, -0.05) is 18.6 Å². The predicted molar refractivity (Wildman–Crippen MR) is 63.8 cm³/mol. The minimum Gasteiger partial charge on any atom is -0.497 e. The average Bonchev–Trinajstić information content (AvgIpc) is 2.54. The normalized spacial score (nSPS) is 21.6. The Bertz CT molecular complexity index is 354. The smallest absolute Gasteiger partial charge is 0.133 e. The molecule has 0 heterocycles. The number of benzene rings is 1. The Morgan fingerprint density at radius 2 is 1.94 bits per heavy atom. The molecule has 0 saturated heterocycles. The van der Waals surface area contributed by atoms with Crippen molar-refractivity contribution >= 4 is 5.78 Å². The van der Waals surface area contributed by atoms with Crippen molar-refractivity contribution in [2.24, 2.45) is 0 Å². The molecule has 1 saturated carbocycles. The van der Waals surface area contributed by atoms with Crippen LogP contribution in [-0.2, 0) is 4.79 Å². The van der Waals surface area contributed by atoms with Gasteiger partial charge in [0, 0.05) is 12.8 Å². The molecule has 1 aromatic carbocycles. The van der Waals surface area contributed by atoms with E-state index in [1.807, 2.05) is 12.1 Å². The summed E-state index contributed by atoms with van der Waals surface area (Å²) in [4.78, 5) is 11.6. The maximum absolute atomic E-state index is 11.6. The molecule has 0 aromatic heterocycles. The molecule has 1 aliphatic carbocycles. The van der Waals surface area contributed by atoms with Gasteiger partial charge in [0.1, 0.15) is 11.5 Å². The lowest BCUT2D eigenvalue weighted by atomic mass is 9.91. The van der Waals surface area contributed by atoms with Crippen LogP contribution in [0.2, 0.25) is 0 Å². The van der Waals surface area contributed by atoms with E-state index in [0.717, 1.165) is 25.0 Å². The van der Waals surface area contributed by atoms with Crippen LogP contribution in [0.1, 0.15) is 43.6 Å². The van der Waals surface area contributed by atoms with Crippen LogP contribution < -0.4 is 4.74 Å². The standard InChI is InChI=1S/C14H18O2/c1-16-14-8-6-11(7-9-14)12-4-2-3-5-13(15)10-12/h6-9,12H,2-5,10H2,1H3/t12-/m0/s1. The molecule has 0 spiro atoms. The van der Waals surface area contributed by atoms with Gasteiger partial charge in [-0.3, -0.25) is 4.79 Å². The highest BCUT2D eigenvalue weighted by Gasteiger charge is 2.19. The molecule has 0 N–H and O–H groups in total. The van der Waals surface area contributed by atoms with E-state index in [4.69, 9.17) is 4.74 Å². The number of hydrogen-bond acceptors (Lipinski definition) is 2. The Hall–Kier alpha value is -1.31. The molecule has 16 heavy (non-hydrogen) atoms. The van der Waals surface area contributed by atoms with E-state index in [1.54, 1.807) is 7.11 Å². The van der Waals surface area contributed by atoms with Crippen LogP contribution in [0.15, 0.2) is 24.3 Å². The molecule has 2 rings (SSSR count). The summed E-state index contributed by atoms with van der Waals surface area (Å²) in [5, 5.41) is 0. The highest BCUT2D eigenvalue weighted by Crippen LogP contribution is 2.30. The molecule has 0 amide bonds. The number of ether oxygens (including phenoxy) is 1. The van der Waals surface area contributed by atoms with Crippen molar-refractivity contribution < 1.29 is 9.53 Å². The fraction of sp³-hybridized carbons (Fsp3) is 0.500. The van der Waals surface area contributed by atoms with Crippen molar-refractivity contribution in [1.29, 1.82) is 0 Å². The Kier molecular flexibility index (Phi) is 3.60. The number of methoxy groups -OCH3 is 1. The summed E-state index contributed by atoms with van der Waals surface area (Å²) in [5.41, 5.74) is 1.27. The third-order valence-electron chi connectivity index (χ3n) is 3.32. The summed E-state index contributed by atoms with van der Waals surface area (Å²) in [6.45, 7) is 0. The first kappa shape index (κ1) is 11.2. The van der Waals surface area contributed by atoms with Gasteiger partial charge in [-0.25, -0.2) is 0 Å². The zero-order valence-electron chi connectivity index (χ0n) is 9.74. The van der Waals surface area contributed by atoms with Gasteiger partial charge in [-0.05, 0) is 36.5 Å². The Labute approximate surface area is 96.6 Å². The second kappa shape index (κ2) is 5.15. The first-order chi connectivity index (χ1) is 7.79. The second-order valence-electron chi connectivity index (χ2n) is 4.46. The third kappa shape index (κ3) is 2.63. The van der Waals surface area contributed by atoms with Crippen LogP contribution in [0.3, 0.4) is 0 Å². The number of rotatable bonds is 2. The minimum absolute atomic E-state index is 0.415. The van der Waals surface area contributed by atoms with Gasteiger partial charge in [0.25, 0.3) is 0 Å². The fourth-order valence-electron chi connectivity index (χ4n) is 2.35. The first-order valence-corrected chi connectivity index (χ1v) is 5.95. The summed E-state index contributed by atoms with van der Waals surface area (Å²) in [6.07, 6.45) is 4.85. The number of ketones is 1. The van der Waals surface area contributed by atoms with Gasteiger partial charge < -0.3 is 4.74 Å². The van der Waals surface area contributed by atoms with Gasteiger partial charge in [-0.2, -0.15) is 0 Å². The Morgan fingerprint density at radius 3 is 2.62 bits per heavy atom. The van der Waals surface area contributed by atoms with Crippen LogP contribution in [-0.4, -0.2) is 12.9 Å². The van der Waals surface area contributed by atoms with E-state index in [9.17, 15) is 4.79 Å². The van der Waals surface area contributed by atoms with Gasteiger partial charge in [0.05, 0.1) is 7.11 Å². The quantitative estimate of drug-likeness (QED) is 0.712. The number of carbonyl (C=O) groups is 1. The lowest BCUT2D eigenvalue weighted by molar-refractivity contribution is -0.119. The Balaban J connectivity index is 2.12. The van der Waals surface area contributed by atoms with E-state index >= 15 is 0 Å². The van der Waals surface area contributed by atoms with Gasteiger partial charge in [0.15, 0.2) is 0 Å². The lowest BCUT2D eigenvalue weighted by Gasteiger charge is -2.13. The summed E-state index contributed by atoms with van der Waals surface area (Å²) in [5.74, 6) is 1.71. The summed E-state index contributed by atoms with van der Waals surface area (Å²) in [6, 6.07) is 8.12. The van der Waals surface area contributed by atoms with Crippen molar-refractivity contribution in [3.05, 3.63) is 29.8 Å². The van der Waals surface area contributed by atoms with E-state index < -0.39 is 0 Å². The molecular formula is C14H18O2. The summed E-state index contributed by atoms with van der Waals surface area (Å²) < 4.78 is 5.14. The molecule has 0 bridgehead atoms. The zero-order valence-corrected chi connectivity index (χ0v) is 9.74. The molecule has 2 heteroatoms. The third-order valence-corrected chi connectivity index (χ3v) is 3.32. The summed E-state index contributed by atoms with van der Waals surface area (Å²) >= 11 is 0. The van der Waals surface area contributed by atoms with E-state index in [0.29, 0.717) is 18.1 Å². The molecule has 0 aliphatic heterocycles. The van der Waals surface area contributed by atoms with Crippen molar-refractivity contribution in [2.45, 2.75) is 38.0 Å². The van der Waals surface area contributed by atoms with Crippen LogP contribution in [0.25, 0.3) is 0 Å². The molecule has 2 nitrogen and oxygen atoms in total. The van der Waals surface area contributed by atoms with Crippen molar-refractivity contribution in [3.8, 4) is 5.75 Å². The van der Waals surface area contributed by atoms with Crippen molar-refractivity contribution in [2.75, 3.05) is 7.11 Å². The van der Waals surface area contributed by atoms with Crippen LogP contribution in [0.5, 0.6) is 5.75 Å². The fourth-order valence-corrected chi connectivity index (χ4v) is 2.35. The van der Waals surface area contributed by atoms with E-state index in [2.05, 4.69) is 12.1 Å². The molecule has 86 valence electrons. The number of carbonyl (C=O) groups excluding carboxylic acids is 1. The maximum Gasteiger partial charge on any atom is 0.133 e. The number of Topliss-reactive ketones (excluding diaryl/α,β-unsaturated/α-hetero) is 1. The average molecular weight is 218 g/mol. The molecule has 1 atom stereocenters. The topological polar surface area (TPSA) is 26.3 Å². The predicted octanol–water partition coefficient (Wildman–Crippen LogP) is 3.31. The monoisotopic (exact) mass is 218 g/mol. The molecule has 1 aromatic rings. The summed E-state index contributed by atoms with van der Waals surface area (Å²) in [7, 11) is 1.67. The molecule has 1 fully saturated rings. The zero-order chi connectivity index (χ0) is 11.4. The highest BCUT2D eigenvalue weighted by molar-refractivity contribution is 5.79. The Morgan fingerprint density at radius 1 is 1.19 bits per heavy atom. The van der Waals surface area contributed by atoms with Gasteiger partial charge in [0.2, 0.25) is 0 Å². The van der Waals surface area contributed by atoms with Crippen LogP contribution in [0.4, 0.5) is 0 Å². The van der Waals surface area contributed by atoms with Crippen molar-refractivity contribution in [3.63, 3.8) is 0 Å². The van der Waals surface area contributed by atoms with Crippen LogP contribution >= 0.6 is 0 Å². The van der Waals surface area contributed by atoms with E-state index in [-0.39, 0.29) is 0 Å². The highest BCUT2D eigenvalue weighted by atomic mass is 16.5. The second-order valence-corrected chi connectivity index (χ2v) is 4.46. The minimum atomic E-state index is 0.415. The molecule has 0 radical (unpaired) electrons. The van der Waals surface area contributed by atoms with Crippen molar-refractivity contribution in [1.82, 2.24) is 0 Å². The maximum atomic E-state index is 11.6. The first-order valence-electron chi connectivity index (χ1n) is 5.95. The van der Waals surface area contributed by atoms with Gasteiger partial charge in [-0.15, -0.1) is 0 Å². The van der Waals surface area contributed by atoms with Crippen LogP contribution in [0, 0.1) is 0 Å². The number of hydrogen-bond donors (Lipinski definition) is 0. The molecule has 0 unspecified atom stereocenters. The largest absolute Gasteiger partial charge is 0.497 e. The molecule has 1 aliphatic rings.